The standard InChI is InChI=1S/C28H34N6O8.C26H54N14O6.C6H18N4.4ClH/c1-20(35)32-24(17-26(37)42-19-22-10-6-3-7-11-22)28(39)33-23(27(38)30-12-14-40-15-13-31-34-29)16-25(36)41-18-21-8-4-2-5-9-21;1-20(41)36-22(19-24(43)33-7-15-40(12-4-29)13-5-30)26(45)37-21(25(44)34-8-16-46-17-9-35-38-31)18-23(42)32-6-14-39(10-2-27)11-3-28;7-1-4-10(5-2-8)6-3-9;;;;/h2-11,23-24H,12-19H2,1H3,(H,30,38)(H,32,35)(H,33,39);21-22H,2-19,27-30H2,1H3,(H,32,42)(H,33,43)(H,34,44)(H,36,41)(H,37,45);1-9H2;4*1H/t23-,24+;21-,22+;;;;;/m00...../s1. The number of esters is 2. The van der Waals surface area contributed by atoms with Gasteiger partial charge in [0.2, 0.25) is 47.3 Å². The predicted molar refractivity (Wildman–Crippen MR) is 359 cm³/mol. The zero-order valence-corrected chi connectivity index (χ0v) is 61.5. The molecule has 0 saturated heterocycles. The Morgan fingerprint density at radius 1 is 0.431 bits per heavy atom. The second-order valence-corrected chi connectivity index (χ2v) is 21.5. The first-order valence-corrected chi connectivity index (χ1v) is 32.5. The maximum Gasteiger partial charge on any atom is 0.308 e. The molecule has 0 aliphatic carbocycles. The summed E-state index contributed by atoms with van der Waals surface area (Å²) in [5.74, 6) is -6.63. The Balaban J connectivity index is -0.000000523. The average molecular weight is 1530 g/mol. The van der Waals surface area contributed by atoms with Gasteiger partial charge in [0, 0.05) is 141 Å². The minimum absolute atomic E-state index is 0. The van der Waals surface area contributed by atoms with Gasteiger partial charge in [0.05, 0.1) is 78.3 Å². The molecule has 0 bridgehead atoms. The van der Waals surface area contributed by atoms with Crippen LogP contribution < -0.4 is 132 Å². The quantitative estimate of drug-likeness (QED) is 0.00961. The zero-order chi connectivity index (χ0) is 73.0. The molecule has 0 aliphatic heterocycles. The van der Waals surface area contributed by atoms with E-state index in [4.69, 9.17) is 47.2 Å². The fourth-order valence-corrected chi connectivity index (χ4v) is 8.71. The smallest absolute Gasteiger partial charge is 0.308 e. The van der Waals surface area contributed by atoms with Crippen LogP contribution in [0.5, 0.6) is 0 Å². The van der Waals surface area contributed by atoms with E-state index in [0.717, 1.165) is 56.9 Å². The predicted octanol–water partition coefficient (Wildman–Crippen LogP) is -20.1. The number of nitrogens with zero attached hydrogens (tertiary/aromatic N) is 9. The van der Waals surface area contributed by atoms with Crippen molar-refractivity contribution in [3.8, 4) is 0 Å². The molecule has 102 heavy (non-hydrogen) atoms. The number of quaternary nitrogens is 4. The van der Waals surface area contributed by atoms with Crippen molar-refractivity contribution in [1.29, 1.82) is 0 Å². The summed E-state index contributed by atoms with van der Waals surface area (Å²) in [4.78, 5) is 138. The largest absolute Gasteiger partial charge is 1.00 e. The lowest BCUT2D eigenvalue weighted by Crippen LogP contribution is -3.00. The van der Waals surface area contributed by atoms with Crippen molar-refractivity contribution >= 4 is 59.2 Å². The summed E-state index contributed by atoms with van der Waals surface area (Å²) in [6.07, 6.45) is -1.78. The van der Waals surface area contributed by atoms with Crippen LogP contribution in [0.25, 0.3) is 20.9 Å². The Hall–Kier alpha value is -7.56. The Bertz CT molecular complexity index is 2680. The van der Waals surface area contributed by atoms with E-state index in [1.807, 2.05) is 12.1 Å². The summed E-state index contributed by atoms with van der Waals surface area (Å²) >= 11 is 0. The monoisotopic (exact) mass is 1530 g/mol. The van der Waals surface area contributed by atoms with Crippen molar-refractivity contribution in [3.63, 3.8) is 0 Å². The normalized spacial score (nSPS) is 11.3. The number of hydrogen-bond acceptors (Lipinski definition) is 22. The topological polar surface area (TPSA) is 600 Å². The van der Waals surface area contributed by atoms with E-state index in [2.05, 4.69) is 100 Å². The van der Waals surface area contributed by atoms with Crippen molar-refractivity contribution in [2.24, 2.45) is 27.4 Å². The lowest BCUT2D eigenvalue weighted by Gasteiger charge is -2.23. The van der Waals surface area contributed by atoms with Gasteiger partial charge in [-0.05, 0) is 22.2 Å². The maximum absolute atomic E-state index is 13.3. The van der Waals surface area contributed by atoms with E-state index in [1.165, 1.54) is 13.8 Å². The Morgan fingerprint density at radius 3 is 1.06 bits per heavy atom. The Labute approximate surface area is 620 Å². The molecule has 0 spiro atoms. The number of ether oxygens (including phenoxy) is 4. The number of halogens is 4. The molecule has 2 rings (SSSR count). The van der Waals surface area contributed by atoms with Crippen LogP contribution in [0.4, 0.5) is 0 Å². The molecule has 2 aromatic carbocycles. The van der Waals surface area contributed by atoms with Gasteiger partial charge in [-0.1, -0.05) is 70.9 Å². The third kappa shape index (κ3) is 56.0. The maximum atomic E-state index is 13.3. The highest BCUT2D eigenvalue weighted by molar-refractivity contribution is 5.97. The van der Waals surface area contributed by atoms with E-state index in [9.17, 15) is 47.9 Å². The highest BCUT2D eigenvalue weighted by atomic mass is 35.5. The van der Waals surface area contributed by atoms with Gasteiger partial charge in [-0.25, -0.2) is 0 Å². The number of amides is 8. The van der Waals surface area contributed by atoms with Crippen LogP contribution in [0.15, 0.2) is 70.9 Å². The van der Waals surface area contributed by atoms with Gasteiger partial charge < -0.3 is 151 Å². The fraction of sp³-hybridized carbons (Fsp3) is 0.633. The number of benzene rings is 2. The molecule has 0 fully saturated rings. The zero-order valence-electron chi connectivity index (χ0n) is 58.5. The van der Waals surface area contributed by atoms with Gasteiger partial charge in [-0.15, -0.1) is 0 Å². The van der Waals surface area contributed by atoms with E-state index in [0.29, 0.717) is 72.0 Å². The minimum atomic E-state index is -1.39. The van der Waals surface area contributed by atoms with Crippen LogP contribution >= 0.6 is 0 Å². The number of carbonyl (C=O) groups excluding carboxylic acids is 10. The lowest BCUT2D eigenvalue weighted by molar-refractivity contribution is -0.378. The number of carbonyl (C=O) groups is 10. The molecule has 4 atom stereocenters. The molecule has 0 aliphatic rings. The second kappa shape index (κ2) is 69.2. The number of nitrogens with one attached hydrogen (secondary N) is 8. The summed E-state index contributed by atoms with van der Waals surface area (Å²) in [5, 5.41) is 27.1. The molecule has 0 heterocycles. The van der Waals surface area contributed by atoms with E-state index >= 15 is 0 Å². The van der Waals surface area contributed by atoms with Crippen molar-refractivity contribution in [1.82, 2.24) is 57.2 Å². The van der Waals surface area contributed by atoms with Crippen molar-refractivity contribution < 1.29 is 139 Å². The SMILES string of the molecule is CC(=O)N[C@H](CC(=O)NCCN(CC[NH3+])CC[NH3+])C(=O)N[C@@H](CC(=O)NCCN(CC[NH3+])CC[NH3+])C(=O)NCCOCCN=[N+]=[N-].CC(=O)N[C@H](CC(=O)OCc1ccccc1)C(=O)N[C@@H](CC(=O)OCc1ccccc1)C(=O)NCCOCCN=[N+]=[N-].NCCN(CCN)CCN.[Cl-].[Cl-].[Cl-].[Cl-]. The molecule has 42 heteroatoms. The van der Waals surface area contributed by atoms with Gasteiger partial charge in [0.15, 0.2) is 0 Å². The fourth-order valence-electron chi connectivity index (χ4n) is 8.71. The minimum Gasteiger partial charge on any atom is -1.00 e. The highest BCUT2D eigenvalue weighted by Gasteiger charge is 2.32. The molecule has 0 unspecified atom stereocenters. The van der Waals surface area contributed by atoms with Gasteiger partial charge >= 0.3 is 11.9 Å². The molecule has 2 aromatic rings. The van der Waals surface area contributed by atoms with E-state index < -0.39 is 96.2 Å². The Kier molecular flexibility index (Phi) is 69.9. The molecular formula is C60H110Cl4N24O14. The molecule has 38 nitrogen and oxygen atoms in total. The third-order valence-corrected chi connectivity index (χ3v) is 13.3. The van der Waals surface area contributed by atoms with Crippen LogP contribution in [0, 0.1) is 0 Å². The summed E-state index contributed by atoms with van der Waals surface area (Å²) < 4.78 is 21.0. The molecule has 0 radical (unpaired) electrons. The van der Waals surface area contributed by atoms with Crippen LogP contribution in [0.1, 0.15) is 50.7 Å². The van der Waals surface area contributed by atoms with Gasteiger partial charge in [0.1, 0.15) is 37.4 Å². The summed E-state index contributed by atoms with van der Waals surface area (Å²) in [6, 6.07) is 12.4. The van der Waals surface area contributed by atoms with E-state index in [-0.39, 0.29) is 128 Å². The number of azide groups is 2. The summed E-state index contributed by atoms with van der Waals surface area (Å²) in [7, 11) is 0. The van der Waals surface area contributed by atoms with E-state index in [1.54, 1.807) is 48.5 Å². The van der Waals surface area contributed by atoms with Crippen LogP contribution in [0.3, 0.4) is 0 Å². The summed E-state index contributed by atoms with van der Waals surface area (Å²) in [5.41, 5.74) is 49.6. The van der Waals surface area contributed by atoms with Crippen LogP contribution in [-0.2, 0) is 80.1 Å². The number of rotatable bonds is 52. The van der Waals surface area contributed by atoms with Crippen molar-refractivity contribution in [3.05, 3.63) is 92.7 Å². The highest BCUT2D eigenvalue weighted by Crippen LogP contribution is 2.08. The lowest BCUT2D eigenvalue weighted by atomic mass is 10.1. The molecule has 0 aromatic heterocycles. The second-order valence-electron chi connectivity index (χ2n) is 21.5. The third-order valence-electron chi connectivity index (χ3n) is 13.3. The van der Waals surface area contributed by atoms with Crippen LogP contribution in [0.2, 0.25) is 0 Å². The first kappa shape index (κ1) is 103. The van der Waals surface area contributed by atoms with Crippen LogP contribution in [-0.4, -0.2) is 268 Å². The number of hydrogen-bond donors (Lipinski definition) is 15. The molecular weight excluding hydrogens is 1420 g/mol. The van der Waals surface area contributed by atoms with Crippen molar-refractivity contribution in [2.45, 2.75) is 76.9 Å². The molecule has 0 saturated carbocycles. The Morgan fingerprint density at radius 2 is 0.745 bits per heavy atom. The number of nitrogens with two attached hydrogens (primary N) is 3. The molecule has 26 N–H and O–H groups in total. The first-order chi connectivity index (χ1) is 47.2. The van der Waals surface area contributed by atoms with Gasteiger partial charge in [-0.2, -0.15) is 0 Å². The van der Waals surface area contributed by atoms with Gasteiger partial charge in [-0.3, -0.25) is 62.6 Å². The average Bonchev–Trinajstić information content (AvgIpc) is 0.887. The molecule has 582 valence electrons. The van der Waals surface area contributed by atoms with Gasteiger partial charge in [0.25, 0.3) is 0 Å². The molecule has 8 amide bonds. The van der Waals surface area contributed by atoms with Crippen molar-refractivity contribution in [2.75, 3.05) is 170 Å². The summed E-state index contributed by atoms with van der Waals surface area (Å²) in [6.45, 7) is 15.5. The first-order valence-electron chi connectivity index (χ1n) is 32.5.